The smallest absolute Gasteiger partial charge is 0.226 e. The summed E-state index contributed by atoms with van der Waals surface area (Å²) in [4.78, 5) is 30.9. The maximum atomic E-state index is 12.4. The number of likely N-dealkylation sites (tertiary alicyclic amines) is 1. The first-order chi connectivity index (χ1) is 12.9. The van der Waals surface area contributed by atoms with Crippen LogP contribution < -0.4 is 5.32 Å². The van der Waals surface area contributed by atoms with E-state index in [0.29, 0.717) is 6.42 Å². The molecular weight excluding hydrogens is 358 g/mol. The molecule has 2 aromatic rings. The van der Waals surface area contributed by atoms with Crippen molar-refractivity contribution in [3.8, 4) is 10.6 Å². The molecule has 144 valence electrons. The molecule has 1 saturated heterocycles. The molecule has 0 bridgehead atoms. The number of rotatable bonds is 5. The first kappa shape index (κ1) is 19.5. The number of nitrogens with one attached hydrogen (secondary N) is 1. The van der Waals surface area contributed by atoms with Crippen LogP contribution in [0.15, 0.2) is 29.6 Å². The van der Waals surface area contributed by atoms with Crippen LogP contribution in [0.4, 0.5) is 0 Å². The number of hydrogen-bond donors (Lipinski definition) is 1. The zero-order valence-electron chi connectivity index (χ0n) is 16.2. The molecular formula is C21H27N3O2S. The highest BCUT2D eigenvalue weighted by Crippen LogP contribution is 2.24. The van der Waals surface area contributed by atoms with Crippen LogP contribution in [-0.2, 0) is 16.0 Å². The lowest BCUT2D eigenvalue weighted by molar-refractivity contribution is -0.135. The summed E-state index contributed by atoms with van der Waals surface area (Å²) >= 11 is 1.57. The summed E-state index contributed by atoms with van der Waals surface area (Å²) in [5.41, 5.74) is 3.11. The Morgan fingerprint density at radius 3 is 2.52 bits per heavy atom. The van der Waals surface area contributed by atoms with Gasteiger partial charge in [-0.15, -0.1) is 11.3 Å². The molecule has 0 spiro atoms. The topological polar surface area (TPSA) is 62.3 Å². The van der Waals surface area contributed by atoms with E-state index in [9.17, 15) is 9.59 Å². The zero-order valence-corrected chi connectivity index (χ0v) is 17.0. The molecule has 1 aromatic heterocycles. The Bertz CT molecular complexity index is 790. The predicted molar refractivity (Wildman–Crippen MR) is 109 cm³/mol. The van der Waals surface area contributed by atoms with Gasteiger partial charge in [-0.05, 0) is 19.8 Å². The molecule has 2 heterocycles. The molecule has 27 heavy (non-hydrogen) atoms. The third-order valence-electron chi connectivity index (χ3n) is 4.86. The number of carbonyl (C=O) groups is 2. The fraction of sp³-hybridized carbons (Fsp3) is 0.476. The Hall–Kier alpha value is -2.21. The van der Waals surface area contributed by atoms with Crippen LogP contribution in [0, 0.1) is 12.8 Å². The van der Waals surface area contributed by atoms with E-state index >= 15 is 0 Å². The number of thiazole rings is 1. The molecule has 1 aliphatic heterocycles. The zero-order chi connectivity index (χ0) is 19.4. The highest BCUT2D eigenvalue weighted by molar-refractivity contribution is 7.13. The maximum absolute atomic E-state index is 12.4. The van der Waals surface area contributed by atoms with E-state index in [2.05, 4.69) is 41.5 Å². The summed E-state index contributed by atoms with van der Waals surface area (Å²) in [5, 5.41) is 6.00. The van der Waals surface area contributed by atoms with Gasteiger partial charge in [0.1, 0.15) is 5.01 Å². The minimum Gasteiger partial charge on any atom is -0.353 e. The number of amides is 2. The van der Waals surface area contributed by atoms with Crippen molar-refractivity contribution in [1.29, 1.82) is 0 Å². The molecule has 3 rings (SSSR count). The van der Waals surface area contributed by atoms with Gasteiger partial charge in [-0.3, -0.25) is 9.59 Å². The van der Waals surface area contributed by atoms with Gasteiger partial charge in [0.05, 0.1) is 12.1 Å². The molecule has 1 aliphatic rings. The molecule has 1 aromatic carbocycles. The predicted octanol–water partition coefficient (Wildman–Crippen LogP) is 3.42. The van der Waals surface area contributed by atoms with Gasteiger partial charge in [0.25, 0.3) is 0 Å². The molecule has 6 heteroatoms. The van der Waals surface area contributed by atoms with Crippen molar-refractivity contribution in [2.75, 3.05) is 13.1 Å². The van der Waals surface area contributed by atoms with Gasteiger partial charge in [-0.2, -0.15) is 0 Å². The van der Waals surface area contributed by atoms with E-state index in [1.807, 2.05) is 24.1 Å². The van der Waals surface area contributed by atoms with Crippen molar-refractivity contribution in [3.05, 3.63) is 40.9 Å². The largest absolute Gasteiger partial charge is 0.353 e. The molecule has 0 saturated carbocycles. The Morgan fingerprint density at radius 2 is 1.89 bits per heavy atom. The second-order valence-electron chi connectivity index (χ2n) is 7.51. The van der Waals surface area contributed by atoms with Crippen LogP contribution in [0.2, 0.25) is 0 Å². The summed E-state index contributed by atoms with van der Waals surface area (Å²) in [6.45, 7) is 7.35. The van der Waals surface area contributed by atoms with E-state index in [4.69, 9.17) is 0 Å². The monoisotopic (exact) mass is 385 g/mol. The van der Waals surface area contributed by atoms with E-state index in [1.54, 1.807) is 11.3 Å². The van der Waals surface area contributed by atoms with Gasteiger partial charge >= 0.3 is 0 Å². The van der Waals surface area contributed by atoms with E-state index in [1.165, 1.54) is 5.56 Å². The Kier molecular flexibility index (Phi) is 6.26. The van der Waals surface area contributed by atoms with Gasteiger partial charge in [-0.25, -0.2) is 4.98 Å². The van der Waals surface area contributed by atoms with Crippen molar-refractivity contribution in [1.82, 2.24) is 15.2 Å². The Morgan fingerprint density at radius 1 is 1.22 bits per heavy atom. The van der Waals surface area contributed by atoms with Crippen molar-refractivity contribution in [2.45, 2.75) is 46.1 Å². The third kappa shape index (κ3) is 5.16. The summed E-state index contributed by atoms with van der Waals surface area (Å²) in [7, 11) is 0. The summed E-state index contributed by atoms with van der Waals surface area (Å²) < 4.78 is 0. The molecule has 0 aliphatic carbocycles. The molecule has 0 radical (unpaired) electrons. The van der Waals surface area contributed by atoms with Crippen LogP contribution in [0.3, 0.4) is 0 Å². The first-order valence-electron chi connectivity index (χ1n) is 9.52. The van der Waals surface area contributed by atoms with E-state index in [-0.39, 0.29) is 23.8 Å². The molecule has 2 amide bonds. The number of carbonyl (C=O) groups excluding carboxylic acids is 2. The summed E-state index contributed by atoms with van der Waals surface area (Å²) in [6.07, 6.45) is 1.93. The minimum atomic E-state index is 0.00407. The molecule has 0 unspecified atom stereocenters. The average molecular weight is 386 g/mol. The third-order valence-corrected chi connectivity index (χ3v) is 5.80. The highest BCUT2D eigenvalue weighted by Gasteiger charge is 2.25. The summed E-state index contributed by atoms with van der Waals surface area (Å²) in [5.74, 6) is 0.235. The quantitative estimate of drug-likeness (QED) is 0.858. The fourth-order valence-corrected chi connectivity index (χ4v) is 4.10. The minimum absolute atomic E-state index is 0.00407. The fourth-order valence-electron chi connectivity index (χ4n) is 3.27. The maximum Gasteiger partial charge on any atom is 0.226 e. The number of aromatic nitrogens is 1. The van der Waals surface area contributed by atoms with Crippen LogP contribution >= 0.6 is 11.3 Å². The van der Waals surface area contributed by atoms with Crippen LogP contribution in [0.1, 0.15) is 37.9 Å². The summed E-state index contributed by atoms with van der Waals surface area (Å²) in [6, 6.07) is 8.40. The lowest BCUT2D eigenvalue weighted by Gasteiger charge is -2.33. The van der Waals surface area contributed by atoms with Crippen LogP contribution in [-0.4, -0.2) is 40.8 Å². The van der Waals surface area contributed by atoms with Crippen molar-refractivity contribution in [2.24, 2.45) is 5.92 Å². The molecule has 0 atom stereocenters. The number of hydrogen-bond acceptors (Lipinski definition) is 4. The highest BCUT2D eigenvalue weighted by atomic mass is 32.1. The average Bonchev–Trinajstić information content (AvgIpc) is 3.10. The van der Waals surface area contributed by atoms with Crippen molar-refractivity contribution >= 4 is 23.2 Å². The van der Waals surface area contributed by atoms with E-state index < -0.39 is 0 Å². The van der Waals surface area contributed by atoms with Gasteiger partial charge in [0, 0.05) is 36.0 Å². The van der Waals surface area contributed by atoms with Crippen LogP contribution in [0.25, 0.3) is 10.6 Å². The molecule has 1 N–H and O–H groups in total. The second-order valence-corrected chi connectivity index (χ2v) is 8.37. The number of nitrogens with zero attached hydrogens (tertiary/aromatic N) is 2. The lowest BCUT2D eigenvalue weighted by Crippen LogP contribution is -2.47. The van der Waals surface area contributed by atoms with Gasteiger partial charge in [0.15, 0.2) is 0 Å². The Labute approximate surface area is 164 Å². The Balaban J connectivity index is 1.49. The van der Waals surface area contributed by atoms with Gasteiger partial charge in [-0.1, -0.05) is 43.7 Å². The first-order valence-corrected chi connectivity index (χ1v) is 10.4. The standard InChI is InChI=1S/C21H27N3O2S/c1-14(2)21(26)24-10-8-17(9-11-24)22-19(25)12-18-13-27-20(23-18)16-6-4-15(3)5-7-16/h4-7,13-14,17H,8-12H2,1-3H3,(H,22,25). The molecule has 1 fully saturated rings. The lowest BCUT2D eigenvalue weighted by atomic mass is 10.0. The van der Waals surface area contributed by atoms with Gasteiger partial charge < -0.3 is 10.2 Å². The van der Waals surface area contributed by atoms with E-state index in [0.717, 1.165) is 42.2 Å². The van der Waals surface area contributed by atoms with Crippen molar-refractivity contribution < 1.29 is 9.59 Å². The number of benzene rings is 1. The van der Waals surface area contributed by atoms with Crippen molar-refractivity contribution in [3.63, 3.8) is 0 Å². The number of aryl methyl sites for hydroxylation is 1. The SMILES string of the molecule is Cc1ccc(-c2nc(CC(=O)NC3CCN(C(=O)C(C)C)CC3)cs2)cc1. The molecule has 5 nitrogen and oxygen atoms in total. The normalized spacial score (nSPS) is 15.2. The van der Waals surface area contributed by atoms with Gasteiger partial charge in [0.2, 0.25) is 11.8 Å². The number of piperidine rings is 1. The second kappa shape index (κ2) is 8.65. The van der Waals surface area contributed by atoms with Crippen LogP contribution in [0.5, 0.6) is 0 Å².